The average molecular weight is 236 g/mol. The first-order chi connectivity index (χ1) is 8.41. The second kappa shape index (κ2) is 15.5. The molecule has 0 unspecified atom stereocenters. The molecular formula is C17H32. The Balaban J connectivity index is 3.07. The molecule has 0 fully saturated rings. The molecule has 100 valence electrons. The Morgan fingerprint density at radius 2 is 0.941 bits per heavy atom. The van der Waals surface area contributed by atoms with Gasteiger partial charge in [-0.3, -0.25) is 0 Å². The van der Waals surface area contributed by atoms with Crippen molar-refractivity contribution in [3.05, 3.63) is 24.3 Å². The Kier molecular flexibility index (Phi) is 15.0. The Morgan fingerprint density at radius 1 is 0.471 bits per heavy atom. The average Bonchev–Trinajstić information content (AvgIpc) is 2.35. The predicted molar refractivity (Wildman–Crippen MR) is 80.4 cm³/mol. The Hall–Kier alpha value is -0.520. The molecule has 0 aliphatic rings. The third-order valence-corrected chi connectivity index (χ3v) is 3.00. The Morgan fingerprint density at radius 3 is 1.41 bits per heavy atom. The molecule has 0 radical (unpaired) electrons. The molecule has 17 heavy (non-hydrogen) atoms. The quantitative estimate of drug-likeness (QED) is 0.270. The molecule has 0 heterocycles. The monoisotopic (exact) mass is 236 g/mol. The molecule has 0 saturated heterocycles. The van der Waals surface area contributed by atoms with E-state index >= 15 is 0 Å². The zero-order valence-corrected chi connectivity index (χ0v) is 12.1. The molecule has 0 nitrogen and oxygen atoms in total. The number of hydrogen-bond acceptors (Lipinski definition) is 0. The molecule has 0 saturated carbocycles. The van der Waals surface area contributed by atoms with Crippen LogP contribution in [0.25, 0.3) is 0 Å². The van der Waals surface area contributed by atoms with Crippen LogP contribution in [0, 0.1) is 0 Å². The van der Waals surface area contributed by atoms with Crippen molar-refractivity contribution in [1.29, 1.82) is 0 Å². The van der Waals surface area contributed by atoms with E-state index < -0.39 is 0 Å². The van der Waals surface area contributed by atoms with E-state index in [2.05, 4.69) is 38.2 Å². The second-order valence-corrected chi connectivity index (χ2v) is 4.87. The standard InChI is InChI=1S/C17H32/c1-3-5-7-9-11-13-15-17-16-14-12-10-8-6-4-2/h7,9,12,14H,3-6,8,10-11,13,15-17H2,1-2H3. The first kappa shape index (κ1) is 16.5. The van der Waals surface area contributed by atoms with E-state index in [0.717, 1.165) is 0 Å². The van der Waals surface area contributed by atoms with Gasteiger partial charge in [0, 0.05) is 0 Å². The molecular weight excluding hydrogens is 204 g/mol. The smallest absolute Gasteiger partial charge is 0.0351 e. The minimum Gasteiger partial charge on any atom is -0.0885 e. The lowest BCUT2D eigenvalue weighted by atomic mass is 10.1. The molecule has 0 N–H and O–H groups in total. The van der Waals surface area contributed by atoms with Crippen LogP contribution in [0.15, 0.2) is 24.3 Å². The van der Waals surface area contributed by atoms with Crippen LogP contribution < -0.4 is 0 Å². The van der Waals surface area contributed by atoms with Crippen molar-refractivity contribution in [2.75, 3.05) is 0 Å². The first-order valence-electron chi connectivity index (χ1n) is 7.71. The van der Waals surface area contributed by atoms with Gasteiger partial charge in [0.2, 0.25) is 0 Å². The lowest BCUT2D eigenvalue weighted by Gasteiger charge is -1.96. The summed E-state index contributed by atoms with van der Waals surface area (Å²) in [7, 11) is 0. The van der Waals surface area contributed by atoms with Crippen LogP contribution in [0.5, 0.6) is 0 Å². The normalized spacial score (nSPS) is 11.9. The van der Waals surface area contributed by atoms with Crippen LogP contribution >= 0.6 is 0 Å². The molecule has 0 atom stereocenters. The minimum atomic E-state index is 1.25. The summed E-state index contributed by atoms with van der Waals surface area (Å²) in [5.74, 6) is 0. The van der Waals surface area contributed by atoms with Crippen LogP contribution in [0.2, 0.25) is 0 Å². The van der Waals surface area contributed by atoms with Crippen molar-refractivity contribution < 1.29 is 0 Å². The molecule has 0 spiro atoms. The highest BCUT2D eigenvalue weighted by atomic mass is 13.9. The van der Waals surface area contributed by atoms with Gasteiger partial charge in [-0.25, -0.2) is 0 Å². The summed E-state index contributed by atoms with van der Waals surface area (Å²) in [4.78, 5) is 0. The van der Waals surface area contributed by atoms with Crippen molar-refractivity contribution >= 4 is 0 Å². The summed E-state index contributed by atoms with van der Waals surface area (Å²) in [5.41, 5.74) is 0. The Labute approximate surface area is 109 Å². The molecule has 0 amide bonds. The van der Waals surface area contributed by atoms with Crippen LogP contribution in [-0.4, -0.2) is 0 Å². The molecule has 0 bridgehead atoms. The van der Waals surface area contributed by atoms with Crippen molar-refractivity contribution in [3.63, 3.8) is 0 Å². The van der Waals surface area contributed by atoms with Gasteiger partial charge in [0.25, 0.3) is 0 Å². The fourth-order valence-corrected chi connectivity index (χ4v) is 1.85. The third kappa shape index (κ3) is 15.5. The lowest BCUT2D eigenvalue weighted by molar-refractivity contribution is 0.691. The molecule has 0 rings (SSSR count). The van der Waals surface area contributed by atoms with Gasteiger partial charge in [-0.2, -0.15) is 0 Å². The van der Waals surface area contributed by atoms with Gasteiger partial charge < -0.3 is 0 Å². The molecule has 0 aromatic carbocycles. The van der Waals surface area contributed by atoms with Gasteiger partial charge in [0.05, 0.1) is 0 Å². The molecule has 0 aromatic heterocycles. The maximum absolute atomic E-state index is 2.38. The zero-order chi connectivity index (χ0) is 12.6. The van der Waals surface area contributed by atoms with Crippen molar-refractivity contribution in [2.24, 2.45) is 0 Å². The maximum atomic E-state index is 2.38. The molecule has 0 aliphatic carbocycles. The summed E-state index contributed by atoms with van der Waals surface area (Å²) in [6.45, 7) is 4.50. The van der Waals surface area contributed by atoms with E-state index in [9.17, 15) is 0 Å². The van der Waals surface area contributed by atoms with Crippen molar-refractivity contribution in [1.82, 2.24) is 0 Å². The minimum absolute atomic E-state index is 1.25. The topological polar surface area (TPSA) is 0 Å². The number of allylic oxidation sites excluding steroid dienone is 4. The van der Waals surface area contributed by atoms with Crippen LogP contribution in [0.1, 0.15) is 84.5 Å². The van der Waals surface area contributed by atoms with Gasteiger partial charge >= 0.3 is 0 Å². The highest BCUT2D eigenvalue weighted by molar-refractivity contribution is 4.82. The van der Waals surface area contributed by atoms with E-state index in [4.69, 9.17) is 0 Å². The summed E-state index contributed by atoms with van der Waals surface area (Å²) in [6, 6.07) is 0. The molecule has 0 aromatic rings. The SMILES string of the molecule is CCCC=CCCCCCC=CCCCCC. The first-order valence-corrected chi connectivity index (χ1v) is 7.71. The molecule has 0 heteroatoms. The number of hydrogen-bond donors (Lipinski definition) is 0. The zero-order valence-electron chi connectivity index (χ0n) is 12.1. The Bertz CT molecular complexity index is 176. The second-order valence-electron chi connectivity index (χ2n) is 4.87. The summed E-state index contributed by atoms with van der Waals surface area (Å²) in [6.07, 6.45) is 24.0. The summed E-state index contributed by atoms with van der Waals surface area (Å²) in [5, 5.41) is 0. The third-order valence-electron chi connectivity index (χ3n) is 3.00. The van der Waals surface area contributed by atoms with Gasteiger partial charge in [0.15, 0.2) is 0 Å². The van der Waals surface area contributed by atoms with E-state index in [1.807, 2.05) is 0 Å². The molecule has 0 aliphatic heterocycles. The van der Waals surface area contributed by atoms with E-state index in [0.29, 0.717) is 0 Å². The van der Waals surface area contributed by atoms with Crippen molar-refractivity contribution in [2.45, 2.75) is 84.5 Å². The fourth-order valence-electron chi connectivity index (χ4n) is 1.85. The highest BCUT2D eigenvalue weighted by Gasteiger charge is 1.86. The van der Waals surface area contributed by atoms with Gasteiger partial charge in [-0.1, -0.05) is 63.8 Å². The lowest BCUT2D eigenvalue weighted by Crippen LogP contribution is -1.76. The van der Waals surface area contributed by atoms with Crippen LogP contribution in [0.4, 0.5) is 0 Å². The summed E-state index contributed by atoms with van der Waals surface area (Å²) < 4.78 is 0. The largest absolute Gasteiger partial charge is 0.0885 e. The van der Waals surface area contributed by atoms with Gasteiger partial charge in [-0.15, -0.1) is 0 Å². The fraction of sp³-hybridized carbons (Fsp3) is 0.765. The van der Waals surface area contributed by atoms with Crippen LogP contribution in [0.3, 0.4) is 0 Å². The number of unbranched alkanes of at least 4 members (excludes halogenated alkanes) is 8. The van der Waals surface area contributed by atoms with Gasteiger partial charge in [0.1, 0.15) is 0 Å². The van der Waals surface area contributed by atoms with E-state index in [1.165, 1.54) is 70.6 Å². The highest BCUT2D eigenvalue weighted by Crippen LogP contribution is 2.06. The van der Waals surface area contributed by atoms with Gasteiger partial charge in [-0.05, 0) is 44.9 Å². The summed E-state index contributed by atoms with van der Waals surface area (Å²) >= 11 is 0. The number of rotatable bonds is 12. The predicted octanol–water partition coefficient (Wildman–Crippen LogP) is 6.43. The van der Waals surface area contributed by atoms with E-state index in [1.54, 1.807) is 0 Å². The maximum Gasteiger partial charge on any atom is -0.0351 e. The van der Waals surface area contributed by atoms with E-state index in [-0.39, 0.29) is 0 Å². The van der Waals surface area contributed by atoms with Crippen LogP contribution in [-0.2, 0) is 0 Å². The van der Waals surface area contributed by atoms with Crippen molar-refractivity contribution in [3.8, 4) is 0 Å².